The number of fused-ring (bicyclic) bond motifs is 1. The molecule has 0 bridgehead atoms. The summed E-state index contributed by atoms with van der Waals surface area (Å²) in [7, 11) is -3.67. The van der Waals surface area contributed by atoms with Crippen LogP contribution in [0.4, 0.5) is 0 Å². The van der Waals surface area contributed by atoms with E-state index < -0.39 is 21.0 Å². The molecule has 2 aromatic rings. The molecule has 2 rings (SSSR count). The van der Waals surface area contributed by atoms with Crippen LogP contribution in [-0.2, 0) is 10.1 Å². The van der Waals surface area contributed by atoms with Crippen LogP contribution in [0.1, 0.15) is 25.0 Å². The molecule has 0 aliphatic carbocycles. The largest absolute Gasteiger partial charge is 0.422 e. The molecule has 20 heavy (non-hydrogen) atoms. The lowest BCUT2D eigenvalue weighted by atomic mass is 10.1. The fraction of sp³-hybridized carbons (Fsp3) is 0.357. The minimum absolute atomic E-state index is 0.137. The lowest BCUT2D eigenvalue weighted by molar-refractivity contribution is 0.476. The fourth-order valence-electron chi connectivity index (χ4n) is 1.71. The average Bonchev–Trinajstić information content (AvgIpc) is 2.35. The second-order valence-electron chi connectivity index (χ2n) is 4.92. The van der Waals surface area contributed by atoms with Crippen molar-refractivity contribution < 1.29 is 17.0 Å². The summed E-state index contributed by atoms with van der Waals surface area (Å²) in [5.74, 6) is 0.137. The van der Waals surface area contributed by atoms with Crippen LogP contribution in [0, 0.1) is 13.8 Å². The van der Waals surface area contributed by atoms with Gasteiger partial charge in [0.1, 0.15) is 11.3 Å². The van der Waals surface area contributed by atoms with Gasteiger partial charge in [0.2, 0.25) is 0 Å². The zero-order valence-electron chi connectivity index (χ0n) is 11.8. The van der Waals surface area contributed by atoms with Gasteiger partial charge in [0.05, 0.1) is 5.25 Å². The molecule has 108 valence electrons. The first-order valence-electron chi connectivity index (χ1n) is 6.19. The van der Waals surface area contributed by atoms with Gasteiger partial charge in [-0.05, 0) is 45.4 Å². The first-order valence-corrected chi connectivity index (χ1v) is 7.67. The third-order valence-electron chi connectivity index (χ3n) is 3.22. The summed E-state index contributed by atoms with van der Waals surface area (Å²) < 4.78 is 33.6. The molecule has 1 aromatic heterocycles. The Morgan fingerprint density at radius 1 is 1.15 bits per heavy atom. The van der Waals surface area contributed by atoms with Crippen LogP contribution in [0.2, 0.25) is 0 Å². The molecule has 0 aliphatic rings. The predicted octanol–water partition coefficient (Wildman–Crippen LogP) is 2.53. The average molecular weight is 296 g/mol. The van der Waals surface area contributed by atoms with Crippen LogP contribution < -0.4 is 9.81 Å². The second kappa shape index (κ2) is 4.94. The van der Waals surface area contributed by atoms with Crippen molar-refractivity contribution in [1.29, 1.82) is 0 Å². The van der Waals surface area contributed by atoms with E-state index in [2.05, 4.69) is 0 Å². The van der Waals surface area contributed by atoms with Gasteiger partial charge in [-0.15, -0.1) is 0 Å². The first-order chi connectivity index (χ1) is 9.22. The number of hydrogen-bond acceptors (Lipinski definition) is 5. The Morgan fingerprint density at radius 2 is 1.80 bits per heavy atom. The molecule has 1 aromatic carbocycles. The number of benzene rings is 1. The third-order valence-corrected chi connectivity index (χ3v) is 4.80. The molecule has 5 nitrogen and oxygen atoms in total. The molecule has 0 amide bonds. The van der Waals surface area contributed by atoms with E-state index in [4.69, 9.17) is 8.60 Å². The molecular weight excluding hydrogens is 280 g/mol. The molecule has 0 saturated heterocycles. The van der Waals surface area contributed by atoms with Gasteiger partial charge in [0.25, 0.3) is 0 Å². The van der Waals surface area contributed by atoms with Crippen molar-refractivity contribution in [3.05, 3.63) is 39.7 Å². The Kier molecular flexibility index (Phi) is 3.60. The Hall–Kier alpha value is -1.82. The maximum Gasteiger partial charge on any atom is 0.339 e. The second-order valence-corrected chi connectivity index (χ2v) is 7.02. The highest BCUT2D eigenvalue weighted by molar-refractivity contribution is 7.87. The molecule has 0 N–H and O–H groups in total. The Bertz CT molecular complexity index is 815. The summed E-state index contributed by atoms with van der Waals surface area (Å²) in [4.78, 5) is 11.6. The Balaban J connectivity index is 2.56. The first kappa shape index (κ1) is 14.6. The smallest absolute Gasteiger partial charge is 0.339 e. The van der Waals surface area contributed by atoms with Crippen molar-refractivity contribution in [3.63, 3.8) is 0 Å². The van der Waals surface area contributed by atoms with E-state index >= 15 is 0 Å². The van der Waals surface area contributed by atoms with E-state index in [1.807, 2.05) is 6.92 Å². The number of hydrogen-bond donors (Lipinski definition) is 0. The lowest BCUT2D eigenvalue weighted by Gasteiger charge is -2.10. The normalized spacial score (nSPS) is 12.1. The minimum atomic E-state index is -3.67. The molecule has 0 unspecified atom stereocenters. The van der Waals surface area contributed by atoms with Gasteiger partial charge >= 0.3 is 15.7 Å². The zero-order chi connectivity index (χ0) is 15.1. The van der Waals surface area contributed by atoms with Gasteiger partial charge in [-0.1, -0.05) is 0 Å². The van der Waals surface area contributed by atoms with Crippen molar-refractivity contribution in [1.82, 2.24) is 0 Å². The van der Waals surface area contributed by atoms with Crippen molar-refractivity contribution in [2.75, 3.05) is 0 Å². The van der Waals surface area contributed by atoms with E-state index in [-0.39, 0.29) is 5.75 Å². The lowest BCUT2D eigenvalue weighted by Crippen LogP contribution is -2.20. The van der Waals surface area contributed by atoms with Crippen LogP contribution in [0.15, 0.2) is 27.4 Å². The molecule has 0 atom stereocenters. The number of aryl methyl sites for hydroxylation is 1. The number of rotatable bonds is 3. The van der Waals surface area contributed by atoms with Gasteiger partial charge < -0.3 is 8.60 Å². The van der Waals surface area contributed by atoms with Gasteiger partial charge in [-0.2, -0.15) is 8.42 Å². The summed E-state index contributed by atoms with van der Waals surface area (Å²) in [6.07, 6.45) is 0. The van der Waals surface area contributed by atoms with Gasteiger partial charge in [0, 0.05) is 17.0 Å². The van der Waals surface area contributed by atoms with E-state index in [1.54, 1.807) is 19.1 Å². The summed E-state index contributed by atoms with van der Waals surface area (Å²) in [5, 5.41) is 0.112. The fourth-order valence-corrected chi connectivity index (χ4v) is 2.27. The van der Waals surface area contributed by atoms with Gasteiger partial charge in [-0.3, -0.25) is 0 Å². The zero-order valence-corrected chi connectivity index (χ0v) is 12.6. The van der Waals surface area contributed by atoms with Crippen molar-refractivity contribution in [2.45, 2.75) is 32.9 Å². The van der Waals surface area contributed by atoms with Crippen LogP contribution >= 0.6 is 0 Å². The van der Waals surface area contributed by atoms with Crippen LogP contribution in [0.25, 0.3) is 11.0 Å². The molecular formula is C14H16O5S. The summed E-state index contributed by atoms with van der Waals surface area (Å²) in [6, 6.07) is 4.66. The van der Waals surface area contributed by atoms with Crippen molar-refractivity contribution >= 4 is 21.1 Å². The maximum absolute atomic E-state index is 11.7. The highest BCUT2D eigenvalue weighted by Crippen LogP contribution is 2.25. The van der Waals surface area contributed by atoms with Gasteiger partial charge in [-0.25, -0.2) is 4.79 Å². The topological polar surface area (TPSA) is 73.6 Å². The molecule has 0 spiro atoms. The quantitative estimate of drug-likeness (QED) is 0.642. The van der Waals surface area contributed by atoms with E-state index in [0.29, 0.717) is 11.1 Å². The molecule has 0 saturated carbocycles. The SMILES string of the molecule is Cc1c(C)c2ccc(OS(=O)(=O)C(C)C)cc2oc1=O. The molecule has 0 fully saturated rings. The van der Waals surface area contributed by atoms with Crippen LogP contribution in [0.5, 0.6) is 5.75 Å². The monoisotopic (exact) mass is 296 g/mol. The predicted molar refractivity (Wildman–Crippen MR) is 76.6 cm³/mol. The molecule has 0 aliphatic heterocycles. The highest BCUT2D eigenvalue weighted by Gasteiger charge is 2.18. The minimum Gasteiger partial charge on any atom is -0.422 e. The summed E-state index contributed by atoms with van der Waals surface area (Å²) >= 11 is 0. The molecule has 1 heterocycles. The van der Waals surface area contributed by atoms with Crippen molar-refractivity contribution in [3.8, 4) is 5.75 Å². The van der Waals surface area contributed by atoms with Crippen molar-refractivity contribution in [2.24, 2.45) is 0 Å². The summed E-state index contributed by atoms with van der Waals surface area (Å²) in [5.41, 5.74) is 1.24. The van der Waals surface area contributed by atoms with E-state index in [9.17, 15) is 13.2 Å². The van der Waals surface area contributed by atoms with E-state index in [1.165, 1.54) is 19.9 Å². The summed E-state index contributed by atoms with van der Waals surface area (Å²) in [6.45, 7) is 6.57. The third kappa shape index (κ3) is 2.56. The van der Waals surface area contributed by atoms with Crippen LogP contribution in [-0.4, -0.2) is 13.7 Å². The molecule has 0 radical (unpaired) electrons. The van der Waals surface area contributed by atoms with E-state index in [0.717, 1.165) is 10.9 Å². The highest BCUT2D eigenvalue weighted by atomic mass is 32.2. The molecule has 6 heteroatoms. The van der Waals surface area contributed by atoms with Crippen LogP contribution in [0.3, 0.4) is 0 Å². The Labute approximate surface area is 117 Å². The maximum atomic E-state index is 11.7. The Morgan fingerprint density at radius 3 is 2.40 bits per heavy atom. The standard InChI is InChI=1S/C14H16O5S/c1-8(2)20(16,17)19-11-5-6-12-9(3)10(4)14(15)18-13(12)7-11/h5-8H,1-4H3. The van der Waals surface area contributed by atoms with Gasteiger partial charge in [0.15, 0.2) is 0 Å².